The lowest BCUT2D eigenvalue weighted by Gasteiger charge is -2.15. The van der Waals surface area contributed by atoms with Crippen LogP contribution in [0, 0.1) is 0 Å². The minimum absolute atomic E-state index is 0.141. The Morgan fingerprint density at radius 1 is 1.44 bits per heavy atom. The van der Waals surface area contributed by atoms with Crippen LogP contribution in [0.15, 0.2) is 43.0 Å². The number of rotatable bonds is 5. The molecule has 0 aliphatic heterocycles. The second-order valence-corrected chi connectivity index (χ2v) is 4.52. The number of ketones is 1. The van der Waals surface area contributed by atoms with Gasteiger partial charge in [-0.25, -0.2) is 0 Å². The van der Waals surface area contributed by atoms with E-state index in [2.05, 4.69) is 4.98 Å². The van der Waals surface area contributed by atoms with Crippen LogP contribution in [-0.4, -0.2) is 33.8 Å². The van der Waals surface area contributed by atoms with Crippen molar-refractivity contribution in [1.82, 2.24) is 14.5 Å². The van der Waals surface area contributed by atoms with E-state index in [0.717, 1.165) is 17.7 Å². The van der Waals surface area contributed by atoms with E-state index in [1.807, 2.05) is 60.4 Å². The Labute approximate surface area is 107 Å². The van der Waals surface area contributed by atoms with Crippen molar-refractivity contribution in [3.05, 3.63) is 54.1 Å². The van der Waals surface area contributed by atoms with E-state index in [4.69, 9.17) is 0 Å². The van der Waals surface area contributed by atoms with Crippen molar-refractivity contribution in [1.29, 1.82) is 0 Å². The predicted molar refractivity (Wildman–Crippen MR) is 70.3 cm³/mol. The molecule has 0 amide bonds. The fourth-order valence-corrected chi connectivity index (χ4v) is 1.86. The first kappa shape index (κ1) is 12.5. The normalized spacial score (nSPS) is 10.8. The van der Waals surface area contributed by atoms with E-state index < -0.39 is 0 Å². The summed E-state index contributed by atoms with van der Waals surface area (Å²) in [6.45, 7) is 1.14. The van der Waals surface area contributed by atoms with Gasteiger partial charge in [-0.15, -0.1) is 0 Å². The van der Waals surface area contributed by atoms with Crippen molar-refractivity contribution in [3.63, 3.8) is 0 Å². The van der Waals surface area contributed by atoms with Crippen LogP contribution in [0.2, 0.25) is 0 Å². The molecule has 0 aromatic carbocycles. The van der Waals surface area contributed by atoms with E-state index in [1.54, 1.807) is 6.20 Å². The summed E-state index contributed by atoms with van der Waals surface area (Å²) < 4.78 is 1.88. The summed E-state index contributed by atoms with van der Waals surface area (Å²) in [4.78, 5) is 18.0. The molecular weight excluding hydrogens is 226 g/mol. The van der Waals surface area contributed by atoms with Crippen LogP contribution in [0.3, 0.4) is 0 Å². The molecule has 0 fully saturated rings. The Bertz CT molecular complexity index is 519. The fourth-order valence-electron chi connectivity index (χ4n) is 1.86. The highest BCUT2D eigenvalue weighted by Crippen LogP contribution is 2.05. The number of carbonyl (C=O) groups excluding carboxylic acids is 1. The number of likely N-dealkylation sites (N-methyl/N-ethyl adjacent to an activating group) is 1. The van der Waals surface area contributed by atoms with Crippen molar-refractivity contribution in [2.24, 2.45) is 7.05 Å². The molecule has 0 atom stereocenters. The van der Waals surface area contributed by atoms with Gasteiger partial charge < -0.3 is 4.57 Å². The maximum absolute atomic E-state index is 12.0. The van der Waals surface area contributed by atoms with Crippen LogP contribution in [0.25, 0.3) is 0 Å². The van der Waals surface area contributed by atoms with E-state index in [-0.39, 0.29) is 5.78 Å². The zero-order chi connectivity index (χ0) is 13.0. The summed E-state index contributed by atoms with van der Waals surface area (Å²) in [6.07, 6.45) is 7.30. The van der Waals surface area contributed by atoms with Gasteiger partial charge in [-0.2, -0.15) is 0 Å². The third kappa shape index (κ3) is 3.28. The van der Waals surface area contributed by atoms with Crippen LogP contribution < -0.4 is 0 Å². The first-order valence-electron chi connectivity index (χ1n) is 5.88. The first-order chi connectivity index (χ1) is 8.65. The van der Waals surface area contributed by atoms with Gasteiger partial charge in [0, 0.05) is 43.9 Å². The van der Waals surface area contributed by atoms with Crippen molar-refractivity contribution >= 4 is 5.78 Å². The van der Waals surface area contributed by atoms with Gasteiger partial charge in [0.05, 0.1) is 6.54 Å². The van der Waals surface area contributed by atoms with Gasteiger partial charge in [0.1, 0.15) is 0 Å². The quantitative estimate of drug-likeness (QED) is 0.751. The Morgan fingerprint density at radius 3 is 2.89 bits per heavy atom. The molecule has 2 aromatic heterocycles. The zero-order valence-corrected chi connectivity index (χ0v) is 10.7. The number of aryl methyl sites for hydroxylation is 1. The molecule has 2 aromatic rings. The maximum Gasteiger partial charge on any atom is 0.178 e. The minimum atomic E-state index is 0.141. The number of nitrogens with zero attached hydrogens (tertiary/aromatic N) is 3. The molecule has 0 aliphatic carbocycles. The molecule has 4 heteroatoms. The second kappa shape index (κ2) is 5.60. The fraction of sp³-hybridized carbons (Fsp3) is 0.286. The topological polar surface area (TPSA) is 38.1 Å². The second-order valence-electron chi connectivity index (χ2n) is 4.52. The largest absolute Gasteiger partial charge is 0.357 e. The van der Waals surface area contributed by atoms with Gasteiger partial charge in [0.2, 0.25) is 0 Å². The van der Waals surface area contributed by atoms with Crippen molar-refractivity contribution in [2.75, 3.05) is 13.6 Å². The Balaban J connectivity index is 1.92. The summed E-state index contributed by atoms with van der Waals surface area (Å²) in [5, 5.41) is 0. The van der Waals surface area contributed by atoms with Gasteiger partial charge in [0.15, 0.2) is 5.78 Å². The molecular formula is C14H17N3O. The number of carbonyl (C=O) groups is 1. The van der Waals surface area contributed by atoms with E-state index in [0.29, 0.717) is 6.54 Å². The zero-order valence-electron chi connectivity index (χ0n) is 10.7. The molecule has 0 saturated heterocycles. The summed E-state index contributed by atoms with van der Waals surface area (Å²) in [7, 11) is 3.85. The Morgan fingerprint density at radius 2 is 2.28 bits per heavy atom. The van der Waals surface area contributed by atoms with Gasteiger partial charge in [-0.3, -0.25) is 14.7 Å². The minimum Gasteiger partial charge on any atom is -0.357 e. The molecule has 0 spiro atoms. The monoisotopic (exact) mass is 243 g/mol. The number of hydrogen-bond donors (Lipinski definition) is 0. The molecule has 4 nitrogen and oxygen atoms in total. The smallest absolute Gasteiger partial charge is 0.178 e. The standard InChI is InChI=1S/C14H17N3O/c1-16-7-5-13(10-16)14(18)11-17(2)9-12-4-3-6-15-8-12/h3-8,10H,9,11H2,1-2H3. The number of aromatic nitrogens is 2. The summed E-state index contributed by atoms with van der Waals surface area (Å²) in [5.41, 5.74) is 1.87. The van der Waals surface area contributed by atoms with Gasteiger partial charge >= 0.3 is 0 Å². The van der Waals surface area contributed by atoms with Gasteiger partial charge in [-0.1, -0.05) is 6.07 Å². The molecule has 18 heavy (non-hydrogen) atoms. The van der Waals surface area contributed by atoms with Crippen molar-refractivity contribution < 1.29 is 4.79 Å². The van der Waals surface area contributed by atoms with Crippen LogP contribution in [0.1, 0.15) is 15.9 Å². The van der Waals surface area contributed by atoms with Gasteiger partial charge in [-0.05, 0) is 24.7 Å². The molecule has 2 rings (SSSR count). The van der Waals surface area contributed by atoms with Crippen LogP contribution in [-0.2, 0) is 13.6 Å². The molecule has 0 N–H and O–H groups in total. The predicted octanol–water partition coefficient (Wildman–Crippen LogP) is 1.73. The lowest BCUT2D eigenvalue weighted by molar-refractivity contribution is 0.0943. The third-order valence-electron chi connectivity index (χ3n) is 2.74. The number of pyridine rings is 1. The average Bonchev–Trinajstić information content (AvgIpc) is 2.77. The van der Waals surface area contributed by atoms with E-state index >= 15 is 0 Å². The SMILES string of the molecule is CN(CC(=O)c1ccn(C)c1)Cc1cccnc1. The van der Waals surface area contributed by atoms with E-state index in [1.165, 1.54) is 0 Å². The molecule has 0 bridgehead atoms. The maximum atomic E-state index is 12.0. The molecule has 0 radical (unpaired) electrons. The highest BCUT2D eigenvalue weighted by molar-refractivity contribution is 5.97. The summed E-state index contributed by atoms with van der Waals surface area (Å²) in [5.74, 6) is 0.141. The van der Waals surface area contributed by atoms with Crippen LogP contribution in [0.4, 0.5) is 0 Å². The number of hydrogen-bond acceptors (Lipinski definition) is 3. The Hall–Kier alpha value is -1.94. The summed E-state index contributed by atoms with van der Waals surface area (Å²) in [6, 6.07) is 5.76. The highest BCUT2D eigenvalue weighted by Gasteiger charge is 2.10. The number of Topliss-reactive ketones (excluding diaryl/α,β-unsaturated/α-hetero) is 1. The van der Waals surface area contributed by atoms with Crippen LogP contribution in [0.5, 0.6) is 0 Å². The lowest BCUT2D eigenvalue weighted by Crippen LogP contribution is -2.25. The Kier molecular flexibility index (Phi) is 3.89. The average molecular weight is 243 g/mol. The van der Waals surface area contributed by atoms with Crippen molar-refractivity contribution in [2.45, 2.75) is 6.54 Å². The lowest BCUT2D eigenvalue weighted by atomic mass is 10.2. The highest BCUT2D eigenvalue weighted by atomic mass is 16.1. The summed E-state index contributed by atoms with van der Waals surface area (Å²) >= 11 is 0. The molecule has 2 heterocycles. The molecule has 94 valence electrons. The molecule has 0 aliphatic rings. The van der Waals surface area contributed by atoms with Crippen LogP contribution >= 0.6 is 0 Å². The van der Waals surface area contributed by atoms with E-state index in [9.17, 15) is 4.79 Å². The molecule has 0 unspecified atom stereocenters. The van der Waals surface area contributed by atoms with Gasteiger partial charge in [0.25, 0.3) is 0 Å². The third-order valence-corrected chi connectivity index (χ3v) is 2.74. The van der Waals surface area contributed by atoms with Crippen molar-refractivity contribution in [3.8, 4) is 0 Å². The molecule has 0 saturated carbocycles. The first-order valence-corrected chi connectivity index (χ1v) is 5.88.